The minimum Gasteiger partial charge on any atom is -0.381 e. The number of hydrogen-bond acceptors (Lipinski definition) is 6. The number of anilines is 1. The Morgan fingerprint density at radius 1 is 1.19 bits per heavy atom. The summed E-state index contributed by atoms with van der Waals surface area (Å²) in [4.78, 5) is 22.5. The number of primary amides is 1. The standard InChI is InChI=1S/C19H20N4O2S/c20-18(24)19(7-9-25-10-8-19)12-21-16-13-4-1-2-5-14(13)22-17(23-16)15-6-3-11-26-15/h1-6,11H,7-10,12H2,(H2,20,24)(H,21,22,23). The largest absolute Gasteiger partial charge is 0.381 e. The number of fused-ring (bicyclic) bond motifs is 1. The summed E-state index contributed by atoms with van der Waals surface area (Å²) >= 11 is 1.60. The number of benzene rings is 1. The number of ether oxygens (including phenoxy) is 1. The number of aromatic nitrogens is 2. The molecule has 3 N–H and O–H groups in total. The molecular formula is C19H20N4O2S. The average Bonchev–Trinajstić information content (AvgIpc) is 3.21. The van der Waals surface area contributed by atoms with Crippen LogP contribution in [0.25, 0.3) is 21.6 Å². The Morgan fingerprint density at radius 2 is 2.00 bits per heavy atom. The molecule has 3 aromatic rings. The van der Waals surface area contributed by atoms with Crippen LogP contribution in [0.1, 0.15) is 12.8 Å². The Bertz CT molecular complexity index is 920. The maximum atomic E-state index is 12.1. The molecule has 1 aromatic carbocycles. The first-order valence-electron chi connectivity index (χ1n) is 8.60. The van der Waals surface area contributed by atoms with Gasteiger partial charge < -0.3 is 15.8 Å². The van der Waals surface area contributed by atoms with Crippen molar-refractivity contribution in [2.75, 3.05) is 25.1 Å². The van der Waals surface area contributed by atoms with Gasteiger partial charge in [0.15, 0.2) is 5.82 Å². The van der Waals surface area contributed by atoms with Gasteiger partial charge in [0.2, 0.25) is 5.91 Å². The van der Waals surface area contributed by atoms with E-state index in [1.807, 2.05) is 41.8 Å². The van der Waals surface area contributed by atoms with E-state index >= 15 is 0 Å². The topological polar surface area (TPSA) is 90.1 Å². The molecule has 0 radical (unpaired) electrons. The van der Waals surface area contributed by atoms with E-state index in [-0.39, 0.29) is 5.91 Å². The van der Waals surface area contributed by atoms with Crippen molar-refractivity contribution in [3.05, 3.63) is 41.8 Å². The predicted molar refractivity (Wildman–Crippen MR) is 103 cm³/mol. The first-order chi connectivity index (χ1) is 12.7. The molecule has 0 aliphatic carbocycles. The van der Waals surface area contributed by atoms with Gasteiger partial charge in [0.25, 0.3) is 0 Å². The highest BCUT2D eigenvalue weighted by Crippen LogP contribution is 2.32. The molecule has 0 bridgehead atoms. The van der Waals surface area contributed by atoms with E-state index in [4.69, 9.17) is 15.5 Å². The summed E-state index contributed by atoms with van der Waals surface area (Å²) in [6, 6.07) is 11.9. The van der Waals surface area contributed by atoms with E-state index in [0.717, 1.165) is 21.6 Å². The van der Waals surface area contributed by atoms with Crippen LogP contribution in [-0.2, 0) is 9.53 Å². The lowest BCUT2D eigenvalue weighted by Gasteiger charge is -2.34. The molecule has 1 amide bonds. The highest BCUT2D eigenvalue weighted by molar-refractivity contribution is 7.13. The molecule has 3 heterocycles. The van der Waals surface area contributed by atoms with Crippen molar-refractivity contribution in [3.8, 4) is 10.7 Å². The zero-order valence-electron chi connectivity index (χ0n) is 14.3. The van der Waals surface area contributed by atoms with Crippen molar-refractivity contribution in [2.24, 2.45) is 11.1 Å². The highest BCUT2D eigenvalue weighted by atomic mass is 32.1. The molecular weight excluding hydrogens is 348 g/mol. The van der Waals surface area contributed by atoms with Crippen LogP contribution in [-0.4, -0.2) is 35.6 Å². The average molecular weight is 368 g/mol. The molecule has 1 fully saturated rings. The quantitative estimate of drug-likeness (QED) is 0.722. The van der Waals surface area contributed by atoms with Gasteiger partial charge in [-0.2, -0.15) is 0 Å². The Morgan fingerprint density at radius 3 is 2.73 bits per heavy atom. The summed E-state index contributed by atoms with van der Waals surface area (Å²) in [5, 5.41) is 6.31. The fourth-order valence-corrected chi connectivity index (χ4v) is 3.91. The van der Waals surface area contributed by atoms with Gasteiger partial charge in [-0.15, -0.1) is 11.3 Å². The van der Waals surface area contributed by atoms with E-state index in [1.165, 1.54) is 0 Å². The second-order valence-corrected chi connectivity index (χ2v) is 7.45. The Labute approximate surface area is 155 Å². The van der Waals surface area contributed by atoms with Crippen LogP contribution in [0.3, 0.4) is 0 Å². The van der Waals surface area contributed by atoms with Crippen LogP contribution >= 0.6 is 11.3 Å². The summed E-state index contributed by atoms with van der Waals surface area (Å²) in [6.45, 7) is 1.54. The molecule has 2 aromatic heterocycles. The number of thiophene rings is 1. The van der Waals surface area contributed by atoms with Gasteiger partial charge in [-0.05, 0) is 36.4 Å². The third kappa shape index (κ3) is 3.15. The lowest BCUT2D eigenvalue weighted by atomic mass is 9.79. The number of amides is 1. The van der Waals surface area contributed by atoms with Gasteiger partial charge in [0.05, 0.1) is 15.8 Å². The van der Waals surface area contributed by atoms with Gasteiger partial charge in [-0.3, -0.25) is 4.79 Å². The second-order valence-electron chi connectivity index (χ2n) is 6.50. The van der Waals surface area contributed by atoms with E-state index in [2.05, 4.69) is 10.3 Å². The molecule has 0 atom stereocenters. The molecule has 4 rings (SSSR count). The number of nitrogens with one attached hydrogen (secondary N) is 1. The first-order valence-corrected chi connectivity index (χ1v) is 9.48. The van der Waals surface area contributed by atoms with E-state index in [9.17, 15) is 4.79 Å². The Hall–Kier alpha value is -2.51. The summed E-state index contributed by atoms with van der Waals surface area (Å²) in [7, 11) is 0. The van der Waals surface area contributed by atoms with Gasteiger partial charge in [0, 0.05) is 25.1 Å². The van der Waals surface area contributed by atoms with Crippen molar-refractivity contribution in [3.63, 3.8) is 0 Å². The number of nitrogens with zero attached hydrogens (tertiary/aromatic N) is 2. The summed E-state index contributed by atoms with van der Waals surface area (Å²) < 4.78 is 5.41. The van der Waals surface area contributed by atoms with Crippen molar-refractivity contribution >= 4 is 34.0 Å². The minimum absolute atomic E-state index is 0.287. The fraction of sp³-hybridized carbons (Fsp3) is 0.316. The van der Waals surface area contributed by atoms with Gasteiger partial charge in [-0.1, -0.05) is 18.2 Å². The molecule has 1 aliphatic heterocycles. The number of carbonyl (C=O) groups excluding carboxylic acids is 1. The third-order valence-electron chi connectivity index (χ3n) is 4.91. The zero-order valence-corrected chi connectivity index (χ0v) is 15.1. The van der Waals surface area contributed by atoms with Gasteiger partial charge >= 0.3 is 0 Å². The number of nitrogens with two attached hydrogens (primary N) is 1. The minimum atomic E-state index is -0.604. The van der Waals surface area contributed by atoms with E-state index in [1.54, 1.807) is 11.3 Å². The normalized spacial score (nSPS) is 16.5. The monoisotopic (exact) mass is 368 g/mol. The Kier molecular flexibility index (Phi) is 4.57. The van der Waals surface area contributed by atoms with Crippen molar-refractivity contribution < 1.29 is 9.53 Å². The molecule has 0 spiro atoms. The maximum Gasteiger partial charge on any atom is 0.225 e. The summed E-state index contributed by atoms with van der Waals surface area (Å²) in [6.07, 6.45) is 1.24. The maximum absolute atomic E-state index is 12.1. The molecule has 0 saturated carbocycles. The molecule has 6 nitrogen and oxygen atoms in total. The van der Waals surface area contributed by atoms with Crippen LogP contribution < -0.4 is 11.1 Å². The number of carbonyl (C=O) groups is 1. The predicted octanol–water partition coefficient (Wildman–Crippen LogP) is 3.05. The zero-order chi connectivity index (χ0) is 18.0. The summed E-state index contributed by atoms with van der Waals surface area (Å²) in [5.74, 6) is 1.12. The first kappa shape index (κ1) is 16.9. The van der Waals surface area contributed by atoms with E-state index < -0.39 is 5.41 Å². The van der Waals surface area contributed by atoms with Gasteiger partial charge in [-0.25, -0.2) is 9.97 Å². The molecule has 1 saturated heterocycles. The van der Waals surface area contributed by atoms with Crippen molar-refractivity contribution in [2.45, 2.75) is 12.8 Å². The van der Waals surface area contributed by atoms with Crippen molar-refractivity contribution in [1.82, 2.24) is 9.97 Å². The molecule has 0 unspecified atom stereocenters. The SMILES string of the molecule is NC(=O)C1(CNc2nc(-c3cccs3)nc3ccccc23)CCOCC1. The van der Waals surface area contributed by atoms with Crippen LogP contribution in [0.4, 0.5) is 5.82 Å². The summed E-state index contributed by atoms with van der Waals surface area (Å²) in [5.41, 5.74) is 5.99. The second kappa shape index (κ2) is 7.01. The highest BCUT2D eigenvalue weighted by Gasteiger charge is 2.38. The van der Waals surface area contributed by atoms with Crippen molar-refractivity contribution in [1.29, 1.82) is 0 Å². The smallest absolute Gasteiger partial charge is 0.225 e. The fourth-order valence-electron chi connectivity index (χ4n) is 3.25. The van der Waals surface area contributed by atoms with Crippen LogP contribution in [0.2, 0.25) is 0 Å². The molecule has 134 valence electrons. The number of hydrogen-bond donors (Lipinski definition) is 2. The molecule has 7 heteroatoms. The van der Waals surface area contributed by atoms with E-state index in [0.29, 0.717) is 38.4 Å². The Balaban J connectivity index is 1.70. The molecule has 26 heavy (non-hydrogen) atoms. The number of para-hydroxylation sites is 1. The third-order valence-corrected chi connectivity index (χ3v) is 5.78. The molecule has 1 aliphatic rings. The number of rotatable bonds is 5. The van der Waals surface area contributed by atoms with Gasteiger partial charge in [0.1, 0.15) is 5.82 Å². The lowest BCUT2D eigenvalue weighted by molar-refractivity contribution is -0.132. The lowest BCUT2D eigenvalue weighted by Crippen LogP contribution is -2.46. The van der Waals surface area contributed by atoms with Crippen LogP contribution in [0.5, 0.6) is 0 Å². The van der Waals surface area contributed by atoms with Crippen LogP contribution in [0.15, 0.2) is 41.8 Å². The van der Waals surface area contributed by atoms with Crippen LogP contribution in [0, 0.1) is 5.41 Å².